The first-order valence-electron chi connectivity index (χ1n) is 5.65. The highest BCUT2D eigenvalue weighted by molar-refractivity contribution is 6.33. The maximum atomic E-state index is 6.00. The number of nitrogens with two attached hydrogens (primary N) is 1. The summed E-state index contributed by atoms with van der Waals surface area (Å²) in [7, 11) is 0. The van der Waals surface area contributed by atoms with E-state index in [-0.39, 0.29) is 0 Å². The Morgan fingerprint density at radius 2 is 2.00 bits per heavy atom. The molecule has 0 saturated heterocycles. The zero-order valence-corrected chi connectivity index (χ0v) is 11.3. The normalized spacial score (nSPS) is 11.6. The molecule has 0 spiro atoms. The summed E-state index contributed by atoms with van der Waals surface area (Å²) in [6, 6.07) is 3.81. The molecule has 0 fully saturated rings. The molecular formula is C13H21ClN2. The summed E-state index contributed by atoms with van der Waals surface area (Å²) in [5.41, 5.74) is 8.87. The molecule has 0 aliphatic carbocycles. The fraction of sp³-hybridized carbons (Fsp3) is 0.538. The van der Waals surface area contributed by atoms with E-state index in [9.17, 15) is 0 Å². The van der Waals surface area contributed by atoms with E-state index in [0.29, 0.717) is 16.1 Å². The average molecular weight is 241 g/mol. The number of nitrogens with one attached hydrogen (secondary N) is 1. The van der Waals surface area contributed by atoms with Gasteiger partial charge in [0.05, 0.1) is 10.7 Å². The van der Waals surface area contributed by atoms with Crippen LogP contribution in [0.2, 0.25) is 5.02 Å². The molecule has 1 aromatic rings. The van der Waals surface area contributed by atoms with Crippen LogP contribution >= 0.6 is 11.6 Å². The third-order valence-electron chi connectivity index (χ3n) is 3.06. The van der Waals surface area contributed by atoms with Crippen molar-refractivity contribution in [3.8, 4) is 0 Å². The lowest BCUT2D eigenvalue weighted by molar-refractivity contribution is 0.377. The maximum Gasteiger partial charge on any atom is 0.0656 e. The van der Waals surface area contributed by atoms with E-state index >= 15 is 0 Å². The summed E-state index contributed by atoms with van der Waals surface area (Å²) in [6.45, 7) is 9.66. The maximum absolute atomic E-state index is 6.00. The summed E-state index contributed by atoms with van der Waals surface area (Å²) in [5.74, 6) is 0. The first-order chi connectivity index (χ1) is 7.35. The van der Waals surface area contributed by atoms with Crippen LogP contribution in [0.5, 0.6) is 0 Å². The van der Waals surface area contributed by atoms with E-state index in [1.807, 2.05) is 19.1 Å². The molecule has 16 heavy (non-hydrogen) atoms. The van der Waals surface area contributed by atoms with Gasteiger partial charge in [-0.1, -0.05) is 32.4 Å². The zero-order valence-electron chi connectivity index (χ0n) is 10.5. The van der Waals surface area contributed by atoms with Crippen LogP contribution < -0.4 is 11.1 Å². The van der Waals surface area contributed by atoms with E-state index in [1.54, 1.807) is 0 Å². The fourth-order valence-electron chi connectivity index (χ4n) is 1.35. The first-order valence-corrected chi connectivity index (χ1v) is 6.03. The standard InChI is InChI=1S/C13H21ClN2/c1-5-13(3,4)8-16-12-7-10(14)11(15)6-9(12)2/h6-7,16H,5,8,15H2,1-4H3. The Balaban J connectivity index is 2.79. The highest BCUT2D eigenvalue weighted by Crippen LogP contribution is 2.28. The molecule has 0 aliphatic heterocycles. The van der Waals surface area contributed by atoms with Gasteiger partial charge < -0.3 is 11.1 Å². The van der Waals surface area contributed by atoms with E-state index in [1.165, 1.54) is 0 Å². The SMILES string of the molecule is CCC(C)(C)CNc1cc(Cl)c(N)cc1C. The topological polar surface area (TPSA) is 38.0 Å². The molecule has 0 aliphatic rings. The number of benzene rings is 1. The van der Waals surface area contributed by atoms with Gasteiger partial charge in [0.15, 0.2) is 0 Å². The van der Waals surface area contributed by atoms with Crippen LogP contribution in [0.4, 0.5) is 11.4 Å². The summed E-state index contributed by atoms with van der Waals surface area (Å²) >= 11 is 6.00. The minimum Gasteiger partial charge on any atom is -0.398 e. The summed E-state index contributed by atoms with van der Waals surface area (Å²) in [4.78, 5) is 0. The van der Waals surface area contributed by atoms with Gasteiger partial charge in [-0.3, -0.25) is 0 Å². The number of aryl methyl sites for hydroxylation is 1. The molecule has 0 saturated carbocycles. The summed E-state index contributed by atoms with van der Waals surface area (Å²) in [6.07, 6.45) is 1.14. The average Bonchev–Trinajstić information content (AvgIpc) is 2.22. The van der Waals surface area contributed by atoms with Crippen molar-refractivity contribution in [3.05, 3.63) is 22.7 Å². The molecule has 1 rings (SSSR count). The molecule has 0 atom stereocenters. The summed E-state index contributed by atoms with van der Waals surface area (Å²) < 4.78 is 0. The highest BCUT2D eigenvalue weighted by atomic mass is 35.5. The van der Waals surface area contributed by atoms with E-state index in [4.69, 9.17) is 17.3 Å². The largest absolute Gasteiger partial charge is 0.398 e. The van der Waals surface area contributed by atoms with Crippen molar-refractivity contribution in [3.63, 3.8) is 0 Å². The minimum atomic E-state index is 0.292. The van der Waals surface area contributed by atoms with Crippen LogP contribution in [-0.2, 0) is 0 Å². The van der Waals surface area contributed by atoms with Crippen molar-refractivity contribution in [2.75, 3.05) is 17.6 Å². The number of nitrogen functional groups attached to an aromatic ring is 1. The zero-order chi connectivity index (χ0) is 12.3. The van der Waals surface area contributed by atoms with E-state index in [0.717, 1.165) is 24.2 Å². The molecule has 0 heterocycles. The van der Waals surface area contributed by atoms with Crippen molar-refractivity contribution >= 4 is 23.0 Å². The van der Waals surface area contributed by atoms with Gasteiger partial charge in [0.2, 0.25) is 0 Å². The summed E-state index contributed by atoms with van der Waals surface area (Å²) in [5, 5.41) is 4.05. The van der Waals surface area contributed by atoms with Crippen molar-refractivity contribution < 1.29 is 0 Å². The fourth-order valence-corrected chi connectivity index (χ4v) is 1.52. The molecule has 0 aromatic heterocycles. The quantitative estimate of drug-likeness (QED) is 0.779. The predicted molar refractivity (Wildman–Crippen MR) is 73.2 cm³/mol. The first kappa shape index (κ1) is 13.2. The molecule has 3 N–H and O–H groups in total. The van der Waals surface area contributed by atoms with Gasteiger partial charge in [-0.05, 0) is 36.5 Å². The van der Waals surface area contributed by atoms with E-state index < -0.39 is 0 Å². The van der Waals surface area contributed by atoms with Gasteiger partial charge in [-0.15, -0.1) is 0 Å². The smallest absolute Gasteiger partial charge is 0.0656 e. The molecular weight excluding hydrogens is 220 g/mol. The Labute approximate surface area is 103 Å². The van der Waals surface area contributed by atoms with Crippen LogP contribution in [-0.4, -0.2) is 6.54 Å². The number of anilines is 2. The Morgan fingerprint density at radius 3 is 2.56 bits per heavy atom. The lowest BCUT2D eigenvalue weighted by atomic mass is 9.90. The predicted octanol–water partition coefficient (Wildman–Crippen LogP) is 4.08. The monoisotopic (exact) mass is 240 g/mol. The third-order valence-corrected chi connectivity index (χ3v) is 3.39. The van der Waals surface area contributed by atoms with Gasteiger partial charge in [0.1, 0.15) is 0 Å². The van der Waals surface area contributed by atoms with Crippen LogP contribution in [0.1, 0.15) is 32.8 Å². The van der Waals surface area contributed by atoms with Crippen molar-refractivity contribution in [1.82, 2.24) is 0 Å². The molecule has 0 bridgehead atoms. The van der Waals surface area contributed by atoms with Crippen molar-refractivity contribution in [2.24, 2.45) is 5.41 Å². The highest BCUT2D eigenvalue weighted by Gasteiger charge is 2.15. The van der Waals surface area contributed by atoms with Crippen LogP contribution in [0.3, 0.4) is 0 Å². The molecule has 0 unspecified atom stereocenters. The molecule has 3 heteroatoms. The molecule has 1 aromatic carbocycles. The van der Waals surface area contributed by atoms with Gasteiger partial charge in [0.25, 0.3) is 0 Å². The van der Waals surface area contributed by atoms with Crippen LogP contribution in [0, 0.1) is 12.3 Å². The second kappa shape index (κ2) is 4.96. The van der Waals surface area contributed by atoms with Crippen LogP contribution in [0.15, 0.2) is 12.1 Å². The molecule has 2 nitrogen and oxygen atoms in total. The van der Waals surface area contributed by atoms with Gasteiger partial charge in [-0.25, -0.2) is 0 Å². The lowest BCUT2D eigenvalue weighted by Crippen LogP contribution is -2.22. The number of halogens is 1. The lowest BCUT2D eigenvalue weighted by Gasteiger charge is -2.24. The molecule has 0 amide bonds. The van der Waals surface area contributed by atoms with Crippen molar-refractivity contribution in [2.45, 2.75) is 34.1 Å². The number of hydrogen-bond acceptors (Lipinski definition) is 2. The van der Waals surface area contributed by atoms with Gasteiger partial charge in [-0.2, -0.15) is 0 Å². The Bertz CT molecular complexity index is 372. The molecule has 0 radical (unpaired) electrons. The van der Waals surface area contributed by atoms with Gasteiger partial charge >= 0.3 is 0 Å². The minimum absolute atomic E-state index is 0.292. The Morgan fingerprint density at radius 1 is 1.38 bits per heavy atom. The van der Waals surface area contributed by atoms with E-state index in [2.05, 4.69) is 26.1 Å². The Kier molecular flexibility index (Phi) is 4.09. The number of hydrogen-bond donors (Lipinski definition) is 2. The number of rotatable bonds is 4. The van der Waals surface area contributed by atoms with Gasteiger partial charge in [0, 0.05) is 12.2 Å². The Hall–Kier alpha value is -0.890. The van der Waals surface area contributed by atoms with Crippen molar-refractivity contribution in [1.29, 1.82) is 0 Å². The molecule has 90 valence electrons. The second-order valence-electron chi connectivity index (χ2n) is 5.06. The second-order valence-corrected chi connectivity index (χ2v) is 5.47. The van der Waals surface area contributed by atoms with Crippen LogP contribution in [0.25, 0.3) is 0 Å². The third kappa shape index (κ3) is 3.31.